The van der Waals surface area contributed by atoms with Crippen LogP contribution in [0.1, 0.15) is 27.9 Å². The maximum atomic E-state index is 13.1. The Kier molecular flexibility index (Phi) is 8.56. The van der Waals surface area contributed by atoms with Gasteiger partial charge in [-0.3, -0.25) is 9.69 Å². The second-order valence-electron chi connectivity index (χ2n) is 10.1. The molecule has 1 fully saturated rings. The predicted octanol–water partition coefficient (Wildman–Crippen LogP) is 5.68. The second-order valence-corrected chi connectivity index (χ2v) is 10.9. The fourth-order valence-corrected chi connectivity index (χ4v) is 5.26. The van der Waals surface area contributed by atoms with Gasteiger partial charge in [0.15, 0.2) is 0 Å². The molecule has 1 saturated heterocycles. The van der Waals surface area contributed by atoms with Crippen LogP contribution in [-0.4, -0.2) is 68.9 Å². The highest BCUT2D eigenvalue weighted by molar-refractivity contribution is 6.36. The molecule has 1 unspecified atom stereocenters. The van der Waals surface area contributed by atoms with Gasteiger partial charge in [0.05, 0.1) is 5.69 Å². The first kappa shape index (κ1) is 27.9. The van der Waals surface area contributed by atoms with Gasteiger partial charge in [0, 0.05) is 82.4 Å². The van der Waals surface area contributed by atoms with E-state index in [0.29, 0.717) is 45.5 Å². The molecule has 1 aliphatic rings. The number of amides is 1. The lowest BCUT2D eigenvalue weighted by molar-refractivity contribution is 0.102. The number of hydrogen-bond acceptors (Lipinski definition) is 8. The Morgan fingerprint density at radius 1 is 1.10 bits per heavy atom. The number of nitrogens with one attached hydrogen (secondary N) is 2. The van der Waals surface area contributed by atoms with Crippen LogP contribution in [0.25, 0.3) is 11.3 Å². The number of benzene rings is 2. The average molecular weight is 578 g/mol. The number of hydrogen-bond donors (Lipinski definition) is 2. The highest BCUT2D eigenvalue weighted by atomic mass is 35.5. The van der Waals surface area contributed by atoms with Crippen molar-refractivity contribution in [1.29, 1.82) is 0 Å². The van der Waals surface area contributed by atoms with Gasteiger partial charge in [-0.1, -0.05) is 29.3 Å². The number of aryl methyl sites for hydroxylation is 1. The van der Waals surface area contributed by atoms with Crippen LogP contribution < -0.4 is 10.6 Å². The topological polar surface area (TPSA) is 99.2 Å². The van der Waals surface area contributed by atoms with Crippen molar-refractivity contribution in [1.82, 2.24) is 29.7 Å². The number of likely N-dealkylation sites (tertiary alicyclic amines) is 1. The molecule has 206 valence electrons. The summed E-state index contributed by atoms with van der Waals surface area (Å²) in [6.45, 7) is 4.55. The fourth-order valence-electron chi connectivity index (χ4n) is 4.66. The Morgan fingerprint density at radius 2 is 1.85 bits per heavy atom. The molecule has 2 aromatic heterocycles. The molecule has 0 bridgehead atoms. The molecule has 0 saturated carbocycles. The van der Waals surface area contributed by atoms with Crippen molar-refractivity contribution in [3.8, 4) is 11.3 Å². The van der Waals surface area contributed by atoms with E-state index < -0.39 is 0 Å². The number of anilines is 3. The SMILES string of the molecule is Cc1ccc(NC(=O)c2cc(Cl)c(CN3CCC(N(C)C)C3)c(Cl)c2)cc1Nc1nccc(-c2cncnc2)n1. The quantitative estimate of drug-likeness (QED) is 0.276. The minimum atomic E-state index is -0.304. The standard InChI is InChI=1S/C29H30Cl2N8O/c1-18-4-5-21(12-27(18)37-29-34-8-6-26(36-29)20-13-32-17-33-14-20)35-28(40)19-10-24(30)23(25(31)11-19)16-39-9-7-22(15-39)38(2)3/h4-6,8,10-14,17,22H,7,9,15-16H2,1-3H3,(H,35,40)(H,34,36,37). The molecule has 11 heteroatoms. The number of aromatic nitrogens is 4. The van der Waals surface area contributed by atoms with E-state index >= 15 is 0 Å². The molecule has 40 heavy (non-hydrogen) atoms. The molecule has 2 aromatic carbocycles. The van der Waals surface area contributed by atoms with Crippen molar-refractivity contribution < 1.29 is 4.79 Å². The van der Waals surface area contributed by atoms with Crippen LogP contribution >= 0.6 is 23.2 Å². The molecule has 0 spiro atoms. The molecule has 4 aromatic rings. The molecule has 0 aliphatic carbocycles. The van der Waals surface area contributed by atoms with E-state index in [-0.39, 0.29) is 5.91 Å². The van der Waals surface area contributed by atoms with E-state index in [2.05, 4.69) is 54.5 Å². The molecular weight excluding hydrogens is 547 g/mol. The highest BCUT2D eigenvalue weighted by Gasteiger charge is 2.25. The highest BCUT2D eigenvalue weighted by Crippen LogP contribution is 2.30. The van der Waals surface area contributed by atoms with Gasteiger partial charge in [0.2, 0.25) is 5.95 Å². The molecular formula is C29H30Cl2N8O. The zero-order valence-corrected chi connectivity index (χ0v) is 24.0. The van der Waals surface area contributed by atoms with Gasteiger partial charge in [-0.2, -0.15) is 0 Å². The van der Waals surface area contributed by atoms with Crippen molar-refractivity contribution in [3.05, 3.63) is 88.1 Å². The van der Waals surface area contributed by atoms with Crippen LogP contribution in [0.2, 0.25) is 10.0 Å². The van der Waals surface area contributed by atoms with Crippen molar-refractivity contribution in [2.45, 2.75) is 25.9 Å². The van der Waals surface area contributed by atoms with Crippen molar-refractivity contribution >= 4 is 46.4 Å². The van der Waals surface area contributed by atoms with Gasteiger partial charge in [0.1, 0.15) is 6.33 Å². The fraction of sp³-hybridized carbons (Fsp3) is 0.276. The van der Waals surface area contributed by atoms with E-state index in [1.165, 1.54) is 6.33 Å². The van der Waals surface area contributed by atoms with Crippen molar-refractivity contribution in [3.63, 3.8) is 0 Å². The molecule has 3 heterocycles. The van der Waals surface area contributed by atoms with Gasteiger partial charge in [-0.05, 0) is 63.3 Å². The van der Waals surface area contributed by atoms with E-state index in [1.807, 2.05) is 25.1 Å². The summed E-state index contributed by atoms with van der Waals surface area (Å²) in [6, 6.07) is 11.2. The average Bonchev–Trinajstić information content (AvgIpc) is 3.42. The summed E-state index contributed by atoms with van der Waals surface area (Å²) in [4.78, 5) is 34.7. The maximum Gasteiger partial charge on any atom is 0.255 e. The Bertz CT molecular complexity index is 1490. The minimum absolute atomic E-state index is 0.304. The number of likely N-dealkylation sites (N-methyl/N-ethyl adjacent to an activating group) is 1. The lowest BCUT2D eigenvalue weighted by atomic mass is 10.1. The lowest BCUT2D eigenvalue weighted by Crippen LogP contribution is -2.31. The first-order valence-electron chi connectivity index (χ1n) is 12.9. The van der Waals surface area contributed by atoms with Crippen LogP contribution in [0.5, 0.6) is 0 Å². The van der Waals surface area contributed by atoms with Crippen LogP contribution in [0.4, 0.5) is 17.3 Å². The van der Waals surface area contributed by atoms with Crippen LogP contribution in [0, 0.1) is 6.92 Å². The first-order chi connectivity index (χ1) is 19.3. The number of nitrogens with zero attached hydrogens (tertiary/aromatic N) is 6. The molecule has 1 aliphatic heterocycles. The Hall–Kier alpha value is -3.63. The van der Waals surface area contributed by atoms with Gasteiger partial charge in [0.25, 0.3) is 5.91 Å². The molecule has 2 N–H and O–H groups in total. The summed E-state index contributed by atoms with van der Waals surface area (Å²) >= 11 is 13.2. The summed E-state index contributed by atoms with van der Waals surface area (Å²) in [6.07, 6.45) is 7.63. The minimum Gasteiger partial charge on any atom is -0.324 e. The van der Waals surface area contributed by atoms with Crippen LogP contribution in [0.15, 0.2) is 61.3 Å². The summed E-state index contributed by atoms with van der Waals surface area (Å²) in [5.41, 5.74) is 5.03. The number of carbonyl (C=O) groups excluding carboxylic acids is 1. The summed E-state index contributed by atoms with van der Waals surface area (Å²) < 4.78 is 0. The normalized spacial score (nSPS) is 15.4. The largest absolute Gasteiger partial charge is 0.324 e. The summed E-state index contributed by atoms with van der Waals surface area (Å²) in [5.74, 6) is 0.110. The van der Waals surface area contributed by atoms with Crippen LogP contribution in [-0.2, 0) is 6.54 Å². The lowest BCUT2D eigenvalue weighted by Gasteiger charge is -2.21. The molecule has 0 radical (unpaired) electrons. The van der Waals surface area contributed by atoms with Gasteiger partial charge in [-0.15, -0.1) is 0 Å². The third kappa shape index (κ3) is 6.56. The second kappa shape index (κ2) is 12.3. The third-order valence-electron chi connectivity index (χ3n) is 7.02. The van der Waals surface area contributed by atoms with Crippen molar-refractivity contribution in [2.24, 2.45) is 0 Å². The van der Waals surface area contributed by atoms with Gasteiger partial charge >= 0.3 is 0 Å². The molecule has 9 nitrogen and oxygen atoms in total. The smallest absolute Gasteiger partial charge is 0.255 e. The third-order valence-corrected chi connectivity index (χ3v) is 7.69. The Labute approximate surface area is 243 Å². The molecule has 1 atom stereocenters. The first-order valence-corrected chi connectivity index (χ1v) is 13.7. The van der Waals surface area contributed by atoms with Crippen molar-refractivity contribution in [2.75, 3.05) is 37.8 Å². The molecule has 5 rings (SSSR count). The van der Waals surface area contributed by atoms with Gasteiger partial charge < -0.3 is 15.5 Å². The summed E-state index contributed by atoms with van der Waals surface area (Å²) in [5, 5.41) is 7.15. The van der Waals surface area contributed by atoms with E-state index in [4.69, 9.17) is 23.2 Å². The van der Waals surface area contributed by atoms with Crippen LogP contribution in [0.3, 0.4) is 0 Å². The number of rotatable bonds is 8. The molecule has 1 amide bonds. The van der Waals surface area contributed by atoms with E-state index in [0.717, 1.165) is 41.9 Å². The number of carbonyl (C=O) groups is 1. The monoisotopic (exact) mass is 576 g/mol. The predicted molar refractivity (Wildman–Crippen MR) is 159 cm³/mol. The summed E-state index contributed by atoms with van der Waals surface area (Å²) in [7, 11) is 4.20. The van der Waals surface area contributed by atoms with E-state index in [9.17, 15) is 4.79 Å². The van der Waals surface area contributed by atoms with E-state index in [1.54, 1.807) is 36.8 Å². The Morgan fingerprint density at radius 3 is 2.55 bits per heavy atom. The zero-order chi connectivity index (χ0) is 28.2. The zero-order valence-electron chi connectivity index (χ0n) is 22.5. The number of halogens is 2. The maximum absolute atomic E-state index is 13.1. The van der Waals surface area contributed by atoms with Gasteiger partial charge in [-0.25, -0.2) is 19.9 Å². The Balaban J connectivity index is 1.28.